The van der Waals surface area contributed by atoms with Crippen molar-refractivity contribution in [1.82, 2.24) is 4.98 Å². The minimum absolute atomic E-state index is 0.00275. The number of benzene rings is 1. The third-order valence-corrected chi connectivity index (χ3v) is 8.18. The monoisotopic (exact) mass is 498 g/mol. The largest absolute Gasteiger partial charge is 0.442 e. The first kappa shape index (κ1) is 23.0. The number of fused-ring (bicyclic) bond motifs is 1. The van der Waals surface area contributed by atoms with Crippen LogP contribution in [0.15, 0.2) is 40.6 Å². The molecule has 2 aromatic rings. The number of carbonyl (C=O) groups excluding carboxylic acids is 1. The standard InChI is InChI=1S/C23H20F2N6O3S/c24-18-5-14(31-9-15(34-22(31)32)8-28-3-4-30-27)6-19(25)21(18)13-1-2-20(29-7-13)23(12-26)16-10-35(33)11-17(16)23/h1-7,15-17H,8-11,27H2/t15-,16-,17+,23?,35?/m0/s1. The number of cyclic esters (lactones) is 1. The molecule has 1 amide bonds. The molecule has 2 aliphatic heterocycles. The Morgan fingerprint density at radius 3 is 2.60 bits per heavy atom. The number of hydrazone groups is 1. The second-order valence-electron chi connectivity index (χ2n) is 8.61. The van der Waals surface area contributed by atoms with Gasteiger partial charge in [0.25, 0.3) is 0 Å². The summed E-state index contributed by atoms with van der Waals surface area (Å²) in [5.41, 5.74) is -0.308. The SMILES string of the molecule is N#CC1(c2ccc(-c3c(F)cc(N4C[C@H](CN=CC=NN)OC4=O)cc3F)cn2)[C@@H]2CS(=O)C[C@@H]21. The molecular weight excluding hydrogens is 478 g/mol. The molecule has 1 aliphatic carbocycles. The van der Waals surface area contributed by atoms with Gasteiger partial charge >= 0.3 is 6.09 Å². The number of halogens is 2. The number of anilines is 1. The summed E-state index contributed by atoms with van der Waals surface area (Å²) in [6.45, 7) is 0.227. The van der Waals surface area contributed by atoms with Crippen molar-refractivity contribution in [2.24, 2.45) is 27.8 Å². The van der Waals surface area contributed by atoms with Gasteiger partial charge in [0.05, 0.1) is 42.3 Å². The van der Waals surface area contributed by atoms with Crippen LogP contribution in [0, 0.1) is 34.8 Å². The van der Waals surface area contributed by atoms with E-state index in [0.717, 1.165) is 17.0 Å². The van der Waals surface area contributed by atoms with Gasteiger partial charge < -0.3 is 10.6 Å². The average Bonchev–Trinajstić information content (AvgIpc) is 3.09. The van der Waals surface area contributed by atoms with Crippen LogP contribution >= 0.6 is 0 Å². The maximum atomic E-state index is 15.0. The Bertz CT molecular complexity index is 1270. The van der Waals surface area contributed by atoms with Gasteiger partial charge in [-0.3, -0.25) is 19.1 Å². The fourth-order valence-electron chi connectivity index (χ4n) is 4.97. The van der Waals surface area contributed by atoms with Crippen LogP contribution < -0.4 is 10.7 Å². The van der Waals surface area contributed by atoms with Gasteiger partial charge in [-0.1, -0.05) is 6.07 Å². The number of pyridine rings is 1. The highest BCUT2D eigenvalue weighted by Crippen LogP contribution is 2.62. The Balaban J connectivity index is 1.35. The number of nitriles is 1. The molecule has 0 spiro atoms. The first-order valence-electron chi connectivity index (χ1n) is 10.8. The van der Waals surface area contributed by atoms with E-state index < -0.39 is 40.0 Å². The lowest BCUT2D eigenvalue weighted by molar-refractivity contribution is 0.145. The smallest absolute Gasteiger partial charge is 0.414 e. The van der Waals surface area contributed by atoms with E-state index in [0.29, 0.717) is 17.2 Å². The lowest BCUT2D eigenvalue weighted by Crippen LogP contribution is -2.25. The van der Waals surface area contributed by atoms with Gasteiger partial charge in [-0.05, 0) is 18.2 Å². The van der Waals surface area contributed by atoms with Crippen LogP contribution in [0.25, 0.3) is 11.1 Å². The zero-order valence-electron chi connectivity index (χ0n) is 18.3. The summed E-state index contributed by atoms with van der Waals surface area (Å²) in [7, 11) is -0.908. The summed E-state index contributed by atoms with van der Waals surface area (Å²) in [5.74, 6) is 4.19. The number of hydrogen-bond donors (Lipinski definition) is 1. The van der Waals surface area contributed by atoms with Crippen molar-refractivity contribution in [2.45, 2.75) is 11.5 Å². The van der Waals surface area contributed by atoms with Gasteiger partial charge in [0.1, 0.15) is 23.2 Å². The number of ether oxygens (including phenoxy) is 1. The second kappa shape index (κ2) is 8.81. The van der Waals surface area contributed by atoms with E-state index in [1.165, 1.54) is 24.7 Å². The summed E-state index contributed by atoms with van der Waals surface area (Å²) in [6.07, 6.45) is 2.66. The fraction of sp³-hybridized carbons (Fsp3) is 0.348. The quantitative estimate of drug-likeness (QED) is 0.368. The Morgan fingerprint density at radius 2 is 2.00 bits per heavy atom. The van der Waals surface area contributed by atoms with Gasteiger partial charge in [-0.25, -0.2) is 13.6 Å². The minimum Gasteiger partial charge on any atom is -0.442 e. The maximum absolute atomic E-state index is 15.0. The van der Waals surface area contributed by atoms with Crippen molar-refractivity contribution in [3.63, 3.8) is 0 Å². The van der Waals surface area contributed by atoms with Gasteiger partial charge in [-0.2, -0.15) is 10.4 Å². The molecule has 2 N–H and O–H groups in total. The number of carbonyl (C=O) groups is 1. The van der Waals surface area contributed by atoms with Crippen LogP contribution in [0.2, 0.25) is 0 Å². The van der Waals surface area contributed by atoms with E-state index in [2.05, 4.69) is 21.1 Å². The van der Waals surface area contributed by atoms with E-state index >= 15 is 8.78 Å². The van der Waals surface area contributed by atoms with Gasteiger partial charge in [0, 0.05) is 52.1 Å². The van der Waals surface area contributed by atoms with Crippen LogP contribution in [0.3, 0.4) is 0 Å². The summed E-state index contributed by atoms with van der Waals surface area (Å²) < 4.78 is 47.0. The molecule has 12 heteroatoms. The van der Waals surface area contributed by atoms with Crippen LogP contribution in [0.5, 0.6) is 0 Å². The van der Waals surface area contributed by atoms with Crippen molar-refractivity contribution >= 4 is 35.0 Å². The zero-order chi connectivity index (χ0) is 24.7. The van der Waals surface area contributed by atoms with Crippen LogP contribution in [-0.4, -0.2) is 58.4 Å². The molecule has 0 radical (unpaired) electrons. The van der Waals surface area contributed by atoms with Crippen LogP contribution in [-0.2, 0) is 21.0 Å². The second-order valence-corrected chi connectivity index (χ2v) is 10.2. The Hall–Kier alpha value is -3.72. The highest BCUT2D eigenvalue weighted by atomic mass is 32.2. The van der Waals surface area contributed by atoms with E-state index in [1.54, 1.807) is 6.07 Å². The summed E-state index contributed by atoms with van der Waals surface area (Å²) in [4.78, 5) is 21.7. The molecule has 35 heavy (non-hydrogen) atoms. The minimum atomic E-state index is -0.908. The van der Waals surface area contributed by atoms with Crippen LogP contribution in [0.1, 0.15) is 5.69 Å². The van der Waals surface area contributed by atoms with E-state index in [4.69, 9.17) is 10.6 Å². The molecule has 2 unspecified atom stereocenters. The number of aromatic nitrogens is 1. The number of rotatable bonds is 6. The van der Waals surface area contributed by atoms with Crippen molar-refractivity contribution < 1.29 is 22.5 Å². The normalized spacial score (nSPS) is 29.5. The molecule has 3 aliphatic rings. The highest BCUT2D eigenvalue weighted by Gasteiger charge is 2.70. The lowest BCUT2D eigenvalue weighted by atomic mass is 9.97. The predicted molar refractivity (Wildman–Crippen MR) is 125 cm³/mol. The number of aliphatic imine (C=N–C) groups is 1. The molecule has 1 aromatic heterocycles. The number of hydrogen-bond acceptors (Lipinski definition) is 8. The van der Waals surface area contributed by atoms with E-state index in [9.17, 15) is 14.3 Å². The van der Waals surface area contributed by atoms with Crippen molar-refractivity contribution in [2.75, 3.05) is 29.5 Å². The number of nitrogens with two attached hydrogens (primary N) is 1. The van der Waals surface area contributed by atoms with E-state index in [1.807, 2.05) is 0 Å². The molecule has 5 rings (SSSR count). The van der Waals surface area contributed by atoms with Crippen molar-refractivity contribution in [3.05, 3.63) is 47.8 Å². The molecule has 9 nitrogen and oxygen atoms in total. The van der Waals surface area contributed by atoms with Gasteiger partial charge in [-0.15, -0.1) is 0 Å². The Kier molecular flexibility index (Phi) is 5.80. The molecule has 180 valence electrons. The molecule has 3 fully saturated rings. The number of nitrogens with zero attached hydrogens (tertiary/aromatic N) is 5. The summed E-state index contributed by atoms with van der Waals surface area (Å²) >= 11 is 0. The lowest BCUT2D eigenvalue weighted by Gasteiger charge is -2.16. The third-order valence-electron chi connectivity index (χ3n) is 6.72. The van der Waals surface area contributed by atoms with Crippen molar-refractivity contribution in [3.8, 4) is 17.2 Å². The Morgan fingerprint density at radius 1 is 1.29 bits per heavy atom. The molecule has 2 saturated heterocycles. The summed E-state index contributed by atoms with van der Waals surface area (Å²) in [5, 5.41) is 13.0. The molecule has 1 aromatic carbocycles. The molecule has 1 saturated carbocycles. The van der Waals surface area contributed by atoms with Gasteiger partial charge in [0.15, 0.2) is 0 Å². The Labute approximate surface area is 201 Å². The predicted octanol–water partition coefficient (Wildman–Crippen LogP) is 2.14. The first-order chi connectivity index (χ1) is 16.9. The molecule has 3 heterocycles. The van der Waals surface area contributed by atoms with Gasteiger partial charge in [0.2, 0.25) is 0 Å². The van der Waals surface area contributed by atoms with Crippen LogP contribution in [0.4, 0.5) is 19.3 Å². The first-order valence-corrected chi connectivity index (χ1v) is 12.3. The van der Waals surface area contributed by atoms with E-state index in [-0.39, 0.29) is 41.7 Å². The molecular formula is C23H20F2N6O3S. The third kappa shape index (κ3) is 3.85. The number of amides is 1. The topological polar surface area (TPSA) is 134 Å². The molecule has 0 bridgehead atoms. The highest BCUT2D eigenvalue weighted by molar-refractivity contribution is 7.85. The zero-order valence-corrected chi connectivity index (χ0v) is 19.1. The summed E-state index contributed by atoms with van der Waals surface area (Å²) in [6, 6.07) is 7.58. The molecule has 5 atom stereocenters. The van der Waals surface area contributed by atoms with Crippen molar-refractivity contribution in [1.29, 1.82) is 5.26 Å². The fourth-order valence-corrected chi connectivity index (χ4v) is 6.90. The maximum Gasteiger partial charge on any atom is 0.414 e. The average molecular weight is 499 g/mol.